The molecule has 2 aliphatic rings. The second kappa shape index (κ2) is 3.45. The van der Waals surface area contributed by atoms with Gasteiger partial charge in [-0.15, -0.1) is 0 Å². The van der Waals surface area contributed by atoms with Crippen LogP contribution in [0.3, 0.4) is 0 Å². The number of nitriles is 1. The Kier molecular flexibility index (Phi) is 2.32. The van der Waals surface area contributed by atoms with Crippen LogP contribution in [-0.4, -0.2) is 23.5 Å². The molecule has 0 aromatic rings. The summed E-state index contributed by atoms with van der Waals surface area (Å²) in [5, 5.41) is 8.94. The molecule has 2 saturated heterocycles. The Morgan fingerprint density at radius 2 is 1.92 bits per heavy atom. The number of hydrogen-bond acceptors (Lipinski definition) is 2. The van der Waals surface area contributed by atoms with Gasteiger partial charge < -0.3 is 0 Å². The molecule has 2 unspecified atom stereocenters. The minimum absolute atomic E-state index is 0.240. The van der Waals surface area contributed by atoms with Gasteiger partial charge in [-0.1, -0.05) is 6.42 Å². The van der Waals surface area contributed by atoms with E-state index in [0.29, 0.717) is 0 Å². The van der Waals surface area contributed by atoms with Crippen LogP contribution in [0.1, 0.15) is 38.5 Å². The SMILES string of the molecule is N#CC1CCCC2CCCCN12. The van der Waals surface area contributed by atoms with Crippen molar-refractivity contribution in [2.45, 2.75) is 50.6 Å². The van der Waals surface area contributed by atoms with Gasteiger partial charge in [0.15, 0.2) is 0 Å². The molecule has 0 aromatic heterocycles. The first-order chi connectivity index (χ1) is 5.92. The number of piperidine rings is 2. The Labute approximate surface area is 74.2 Å². The third-order valence-electron chi connectivity index (χ3n) is 3.24. The molecule has 0 N–H and O–H groups in total. The van der Waals surface area contributed by atoms with E-state index in [9.17, 15) is 0 Å². The predicted octanol–water partition coefficient (Wildman–Crippen LogP) is 1.92. The highest BCUT2D eigenvalue weighted by molar-refractivity contribution is 4.98. The van der Waals surface area contributed by atoms with Gasteiger partial charge in [0.2, 0.25) is 0 Å². The lowest BCUT2D eigenvalue weighted by molar-refractivity contribution is 0.0778. The Hall–Kier alpha value is -0.550. The molecule has 0 aliphatic carbocycles. The van der Waals surface area contributed by atoms with Crippen LogP contribution < -0.4 is 0 Å². The molecule has 0 saturated carbocycles. The van der Waals surface area contributed by atoms with Crippen molar-refractivity contribution in [2.24, 2.45) is 0 Å². The van der Waals surface area contributed by atoms with Crippen molar-refractivity contribution < 1.29 is 0 Å². The maximum absolute atomic E-state index is 8.94. The van der Waals surface area contributed by atoms with Crippen LogP contribution in [0.4, 0.5) is 0 Å². The highest BCUT2D eigenvalue weighted by atomic mass is 15.2. The number of nitrogens with zero attached hydrogens (tertiary/aromatic N) is 2. The average molecular weight is 164 g/mol. The lowest BCUT2D eigenvalue weighted by Crippen LogP contribution is -2.48. The summed E-state index contributed by atoms with van der Waals surface area (Å²) in [6.07, 6.45) is 7.71. The van der Waals surface area contributed by atoms with Gasteiger partial charge in [0.1, 0.15) is 0 Å². The van der Waals surface area contributed by atoms with E-state index in [1.54, 1.807) is 0 Å². The van der Waals surface area contributed by atoms with Gasteiger partial charge in [0.05, 0.1) is 12.1 Å². The Morgan fingerprint density at radius 3 is 2.75 bits per heavy atom. The minimum atomic E-state index is 0.240. The van der Waals surface area contributed by atoms with Crippen LogP contribution in [0.5, 0.6) is 0 Å². The molecule has 2 heteroatoms. The lowest BCUT2D eigenvalue weighted by atomic mass is 9.89. The number of fused-ring (bicyclic) bond motifs is 1. The van der Waals surface area contributed by atoms with Crippen LogP contribution in [0, 0.1) is 11.3 Å². The largest absolute Gasteiger partial charge is 0.285 e. The first-order valence-corrected chi connectivity index (χ1v) is 5.07. The normalized spacial score (nSPS) is 36.9. The molecule has 0 bridgehead atoms. The second-order valence-corrected chi connectivity index (χ2v) is 3.96. The number of hydrogen-bond donors (Lipinski definition) is 0. The zero-order chi connectivity index (χ0) is 8.39. The van der Waals surface area contributed by atoms with E-state index in [1.165, 1.54) is 38.6 Å². The van der Waals surface area contributed by atoms with Gasteiger partial charge in [-0.05, 0) is 38.6 Å². The summed E-state index contributed by atoms with van der Waals surface area (Å²) in [4.78, 5) is 2.44. The molecule has 2 heterocycles. The van der Waals surface area contributed by atoms with E-state index in [2.05, 4.69) is 11.0 Å². The van der Waals surface area contributed by atoms with E-state index in [0.717, 1.165) is 12.5 Å². The maximum Gasteiger partial charge on any atom is 0.0980 e. The zero-order valence-electron chi connectivity index (χ0n) is 7.50. The molecule has 2 aliphatic heterocycles. The fourth-order valence-corrected chi connectivity index (χ4v) is 2.59. The summed E-state index contributed by atoms with van der Waals surface area (Å²) >= 11 is 0. The van der Waals surface area contributed by atoms with Gasteiger partial charge in [0.25, 0.3) is 0 Å². The summed E-state index contributed by atoms with van der Waals surface area (Å²) in [6.45, 7) is 1.17. The highest BCUT2D eigenvalue weighted by Gasteiger charge is 2.31. The van der Waals surface area contributed by atoms with Crippen molar-refractivity contribution in [2.75, 3.05) is 6.54 Å². The first kappa shape index (κ1) is 8.07. The number of rotatable bonds is 0. The van der Waals surface area contributed by atoms with Crippen molar-refractivity contribution >= 4 is 0 Å². The van der Waals surface area contributed by atoms with Crippen molar-refractivity contribution in [1.29, 1.82) is 5.26 Å². The highest BCUT2D eigenvalue weighted by Crippen LogP contribution is 2.29. The van der Waals surface area contributed by atoms with Crippen LogP contribution in [0.2, 0.25) is 0 Å². The zero-order valence-corrected chi connectivity index (χ0v) is 7.50. The third-order valence-corrected chi connectivity index (χ3v) is 3.24. The predicted molar refractivity (Wildman–Crippen MR) is 47.6 cm³/mol. The Bertz CT molecular complexity index is 193. The van der Waals surface area contributed by atoms with E-state index in [1.807, 2.05) is 0 Å². The molecular formula is C10H16N2. The van der Waals surface area contributed by atoms with E-state index >= 15 is 0 Å². The fourth-order valence-electron chi connectivity index (χ4n) is 2.59. The molecule has 12 heavy (non-hydrogen) atoms. The van der Waals surface area contributed by atoms with Crippen molar-refractivity contribution in [3.05, 3.63) is 0 Å². The van der Waals surface area contributed by atoms with E-state index in [4.69, 9.17) is 5.26 Å². The molecule has 0 radical (unpaired) electrons. The summed E-state index contributed by atoms with van der Waals surface area (Å²) in [5.74, 6) is 0. The summed E-state index contributed by atoms with van der Waals surface area (Å²) in [5.41, 5.74) is 0. The molecule has 0 amide bonds. The van der Waals surface area contributed by atoms with Crippen molar-refractivity contribution in [3.63, 3.8) is 0 Å². The molecular weight excluding hydrogens is 148 g/mol. The average Bonchev–Trinajstić information content (AvgIpc) is 2.17. The van der Waals surface area contributed by atoms with Crippen LogP contribution in [-0.2, 0) is 0 Å². The maximum atomic E-state index is 8.94. The van der Waals surface area contributed by atoms with E-state index in [-0.39, 0.29) is 6.04 Å². The monoisotopic (exact) mass is 164 g/mol. The van der Waals surface area contributed by atoms with Crippen LogP contribution >= 0.6 is 0 Å². The molecule has 0 spiro atoms. The molecule has 2 fully saturated rings. The molecule has 0 aromatic carbocycles. The summed E-state index contributed by atoms with van der Waals surface area (Å²) in [7, 11) is 0. The third kappa shape index (κ3) is 1.34. The van der Waals surface area contributed by atoms with Gasteiger partial charge in [-0.3, -0.25) is 4.90 Å². The van der Waals surface area contributed by atoms with Crippen LogP contribution in [0.15, 0.2) is 0 Å². The fraction of sp³-hybridized carbons (Fsp3) is 0.900. The molecule has 66 valence electrons. The van der Waals surface area contributed by atoms with Gasteiger partial charge in [-0.25, -0.2) is 0 Å². The second-order valence-electron chi connectivity index (χ2n) is 3.96. The molecule has 2 nitrogen and oxygen atoms in total. The van der Waals surface area contributed by atoms with E-state index < -0.39 is 0 Å². The van der Waals surface area contributed by atoms with Gasteiger partial charge in [-0.2, -0.15) is 5.26 Å². The smallest absolute Gasteiger partial charge is 0.0980 e. The molecule has 2 atom stereocenters. The summed E-state index contributed by atoms with van der Waals surface area (Å²) < 4.78 is 0. The quantitative estimate of drug-likeness (QED) is 0.547. The van der Waals surface area contributed by atoms with Gasteiger partial charge in [0, 0.05) is 6.04 Å². The summed E-state index contributed by atoms with van der Waals surface area (Å²) in [6, 6.07) is 3.42. The topological polar surface area (TPSA) is 27.0 Å². The lowest BCUT2D eigenvalue weighted by Gasteiger charge is -2.42. The van der Waals surface area contributed by atoms with Crippen molar-refractivity contribution in [1.82, 2.24) is 4.90 Å². The minimum Gasteiger partial charge on any atom is -0.285 e. The Balaban J connectivity index is 2.05. The Morgan fingerprint density at radius 1 is 1.08 bits per heavy atom. The van der Waals surface area contributed by atoms with Crippen LogP contribution in [0.25, 0.3) is 0 Å². The standard InChI is InChI=1S/C10H16N2/c11-8-10-6-3-5-9-4-1-2-7-12(9)10/h9-10H,1-7H2. The molecule has 2 rings (SSSR count). The van der Waals surface area contributed by atoms with Gasteiger partial charge >= 0.3 is 0 Å². The first-order valence-electron chi connectivity index (χ1n) is 5.07. The van der Waals surface area contributed by atoms with Crippen molar-refractivity contribution in [3.8, 4) is 6.07 Å².